The van der Waals surface area contributed by atoms with Crippen molar-refractivity contribution >= 4 is 29.3 Å². The SMILES string of the molecule is O=C(C[n+]1c(-c2ccccc2S)ccc2ccccc21)c1ccccc1. The van der Waals surface area contributed by atoms with Gasteiger partial charge >= 0.3 is 0 Å². The van der Waals surface area contributed by atoms with Gasteiger partial charge in [0.2, 0.25) is 23.5 Å². The number of hydrogen-bond donors (Lipinski definition) is 1. The lowest BCUT2D eigenvalue weighted by atomic mass is 10.1. The Morgan fingerprint density at radius 2 is 1.46 bits per heavy atom. The third-order valence-electron chi connectivity index (χ3n) is 4.52. The predicted molar refractivity (Wildman–Crippen MR) is 108 cm³/mol. The first-order valence-electron chi connectivity index (χ1n) is 8.52. The Kier molecular flexibility index (Phi) is 4.55. The second kappa shape index (κ2) is 7.14. The molecule has 1 heterocycles. The molecular formula is C23H18NOS+. The number of nitrogens with zero attached hydrogens (tertiary/aromatic N) is 1. The van der Waals surface area contributed by atoms with E-state index in [-0.39, 0.29) is 12.3 Å². The van der Waals surface area contributed by atoms with E-state index in [1.165, 1.54) is 0 Å². The second-order valence-corrected chi connectivity index (χ2v) is 6.65. The summed E-state index contributed by atoms with van der Waals surface area (Å²) in [6.45, 7) is 0.281. The lowest BCUT2D eigenvalue weighted by molar-refractivity contribution is -0.646. The number of fused-ring (bicyclic) bond motifs is 1. The molecule has 2 nitrogen and oxygen atoms in total. The van der Waals surface area contributed by atoms with Crippen molar-refractivity contribution in [1.82, 2.24) is 0 Å². The first kappa shape index (κ1) is 16.6. The average molecular weight is 356 g/mol. The Balaban J connectivity index is 1.89. The van der Waals surface area contributed by atoms with E-state index in [0.717, 1.165) is 32.6 Å². The van der Waals surface area contributed by atoms with Gasteiger partial charge in [0.15, 0.2) is 0 Å². The van der Waals surface area contributed by atoms with Crippen LogP contribution >= 0.6 is 12.6 Å². The van der Waals surface area contributed by atoms with E-state index >= 15 is 0 Å². The van der Waals surface area contributed by atoms with E-state index in [2.05, 4.69) is 41.5 Å². The summed E-state index contributed by atoms with van der Waals surface area (Å²) in [5.74, 6) is 0.0878. The fourth-order valence-electron chi connectivity index (χ4n) is 3.22. The highest BCUT2D eigenvalue weighted by Crippen LogP contribution is 2.25. The molecule has 0 spiro atoms. The summed E-state index contributed by atoms with van der Waals surface area (Å²) in [5.41, 5.74) is 3.75. The lowest BCUT2D eigenvalue weighted by Gasteiger charge is -2.09. The first-order valence-corrected chi connectivity index (χ1v) is 8.97. The first-order chi connectivity index (χ1) is 12.7. The van der Waals surface area contributed by atoms with Crippen molar-refractivity contribution in [3.63, 3.8) is 0 Å². The van der Waals surface area contributed by atoms with Crippen LogP contribution in [0, 0.1) is 0 Å². The van der Waals surface area contributed by atoms with Crippen molar-refractivity contribution in [2.45, 2.75) is 11.4 Å². The summed E-state index contributed by atoms with van der Waals surface area (Å²) in [6.07, 6.45) is 0. The van der Waals surface area contributed by atoms with Gasteiger partial charge in [0.25, 0.3) is 0 Å². The van der Waals surface area contributed by atoms with Crippen molar-refractivity contribution in [2.75, 3.05) is 0 Å². The van der Waals surface area contributed by atoms with E-state index < -0.39 is 0 Å². The molecule has 0 bridgehead atoms. The van der Waals surface area contributed by atoms with Crippen LogP contribution in [0.1, 0.15) is 10.4 Å². The van der Waals surface area contributed by atoms with Gasteiger partial charge in [0.1, 0.15) is 0 Å². The van der Waals surface area contributed by atoms with E-state index in [1.807, 2.05) is 66.7 Å². The van der Waals surface area contributed by atoms with Crippen LogP contribution < -0.4 is 4.57 Å². The number of pyridine rings is 1. The molecule has 0 aliphatic heterocycles. The third kappa shape index (κ3) is 3.14. The van der Waals surface area contributed by atoms with Gasteiger partial charge in [-0.1, -0.05) is 54.6 Å². The van der Waals surface area contributed by atoms with E-state index in [9.17, 15) is 4.79 Å². The summed E-state index contributed by atoms with van der Waals surface area (Å²) in [6, 6.07) is 29.7. The lowest BCUT2D eigenvalue weighted by Crippen LogP contribution is -2.41. The standard InChI is InChI=1S/C23H17NOS/c25-22(18-9-2-1-3-10-18)16-24-20-12-6-4-8-17(20)14-15-21(24)19-11-5-7-13-23(19)26/h1-15H,16H2/p+1. The van der Waals surface area contributed by atoms with Gasteiger partial charge in [-0.2, -0.15) is 4.57 Å². The van der Waals surface area contributed by atoms with Crippen molar-refractivity contribution < 1.29 is 9.36 Å². The third-order valence-corrected chi connectivity index (χ3v) is 4.91. The van der Waals surface area contributed by atoms with Crippen LogP contribution in [-0.2, 0) is 6.54 Å². The maximum Gasteiger partial charge on any atom is 0.227 e. The molecule has 4 rings (SSSR count). The van der Waals surface area contributed by atoms with Crippen LogP contribution in [0.4, 0.5) is 0 Å². The fourth-order valence-corrected chi connectivity index (χ4v) is 3.49. The Morgan fingerprint density at radius 1 is 0.769 bits per heavy atom. The van der Waals surface area contributed by atoms with Gasteiger partial charge in [-0.15, -0.1) is 12.6 Å². The number of benzene rings is 3. The summed E-state index contributed by atoms with van der Waals surface area (Å²) < 4.78 is 2.08. The zero-order chi connectivity index (χ0) is 17.9. The largest absolute Gasteiger partial charge is 0.287 e. The predicted octanol–water partition coefficient (Wildman–Crippen LogP) is 4.97. The number of Topliss-reactive ketones (excluding diaryl/α,β-unsaturated/α-hetero) is 1. The zero-order valence-corrected chi connectivity index (χ0v) is 15.1. The molecule has 0 saturated carbocycles. The molecule has 0 radical (unpaired) electrons. The summed E-state index contributed by atoms with van der Waals surface area (Å²) >= 11 is 4.61. The zero-order valence-electron chi connectivity index (χ0n) is 14.2. The second-order valence-electron chi connectivity index (χ2n) is 6.17. The molecule has 3 heteroatoms. The smallest absolute Gasteiger partial charge is 0.227 e. The number of rotatable bonds is 4. The Labute approximate surface area is 158 Å². The van der Waals surface area contributed by atoms with Crippen LogP contribution in [0.3, 0.4) is 0 Å². The molecule has 1 aromatic heterocycles. The Hall–Kier alpha value is -2.91. The van der Waals surface area contributed by atoms with Crippen molar-refractivity contribution in [3.05, 3.63) is 96.6 Å². The average Bonchev–Trinajstić information content (AvgIpc) is 2.69. The molecule has 0 amide bonds. The summed E-state index contributed by atoms with van der Waals surface area (Å²) in [7, 11) is 0. The minimum Gasteiger partial charge on any atom is -0.287 e. The number of hydrogen-bond acceptors (Lipinski definition) is 2. The van der Waals surface area contributed by atoms with Crippen LogP contribution in [0.15, 0.2) is 95.9 Å². The maximum absolute atomic E-state index is 12.9. The molecule has 0 aliphatic carbocycles. The fraction of sp³-hybridized carbons (Fsp3) is 0.0435. The normalized spacial score (nSPS) is 10.8. The number of carbonyl (C=O) groups excluding carboxylic acids is 1. The topological polar surface area (TPSA) is 20.9 Å². The van der Waals surface area contributed by atoms with E-state index in [4.69, 9.17) is 0 Å². The highest BCUT2D eigenvalue weighted by molar-refractivity contribution is 7.80. The van der Waals surface area contributed by atoms with Gasteiger partial charge in [-0.25, -0.2) is 0 Å². The highest BCUT2D eigenvalue weighted by atomic mass is 32.1. The van der Waals surface area contributed by atoms with Gasteiger partial charge < -0.3 is 0 Å². The van der Waals surface area contributed by atoms with Gasteiger partial charge in [0, 0.05) is 28.0 Å². The van der Waals surface area contributed by atoms with Gasteiger partial charge in [0.05, 0.1) is 5.56 Å². The highest BCUT2D eigenvalue weighted by Gasteiger charge is 2.22. The molecule has 0 N–H and O–H groups in total. The summed E-state index contributed by atoms with van der Waals surface area (Å²) in [4.78, 5) is 13.8. The molecule has 3 aromatic carbocycles. The van der Waals surface area contributed by atoms with Gasteiger partial charge in [-0.3, -0.25) is 4.79 Å². The van der Waals surface area contributed by atoms with Crippen LogP contribution in [-0.4, -0.2) is 5.78 Å². The molecule has 0 atom stereocenters. The number of aromatic nitrogens is 1. The molecule has 4 aromatic rings. The van der Waals surface area contributed by atoms with E-state index in [1.54, 1.807) is 0 Å². The Bertz CT molecular complexity index is 1090. The molecule has 26 heavy (non-hydrogen) atoms. The maximum atomic E-state index is 12.9. The van der Waals surface area contributed by atoms with Crippen molar-refractivity contribution in [1.29, 1.82) is 0 Å². The minimum atomic E-state index is 0.0878. The number of ketones is 1. The van der Waals surface area contributed by atoms with Crippen LogP contribution in [0.25, 0.3) is 22.2 Å². The molecule has 0 saturated heterocycles. The van der Waals surface area contributed by atoms with Crippen molar-refractivity contribution in [2.24, 2.45) is 0 Å². The monoisotopic (exact) mass is 356 g/mol. The molecule has 0 fully saturated rings. The molecule has 0 unspecified atom stereocenters. The molecule has 0 aliphatic rings. The van der Waals surface area contributed by atoms with Crippen molar-refractivity contribution in [3.8, 4) is 11.3 Å². The minimum absolute atomic E-state index is 0.0878. The molecular weight excluding hydrogens is 338 g/mol. The quantitative estimate of drug-likeness (QED) is 0.311. The molecule has 126 valence electrons. The van der Waals surface area contributed by atoms with Gasteiger partial charge in [-0.05, 0) is 24.3 Å². The number of para-hydroxylation sites is 1. The number of carbonyl (C=O) groups is 1. The van der Waals surface area contributed by atoms with Crippen LogP contribution in [0.5, 0.6) is 0 Å². The Morgan fingerprint density at radius 3 is 2.27 bits per heavy atom. The van der Waals surface area contributed by atoms with E-state index in [0.29, 0.717) is 0 Å². The summed E-state index contributed by atoms with van der Waals surface area (Å²) in [5, 5.41) is 1.11. The number of thiol groups is 1. The van der Waals surface area contributed by atoms with Crippen LogP contribution in [0.2, 0.25) is 0 Å².